The minimum absolute atomic E-state index is 0.223. The number of sulfonamides is 1. The first-order chi connectivity index (χ1) is 13.4. The van der Waals surface area contributed by atoms with Crippen molar-refractivity contribution >= 4 is 37.8 Å². The van der Waals surface area contributed by atoms with Crippen LogP contribution in [0, 0.1) is 5.92 Å². The smallest absolute Gasteiger partial charge is 0.311 e. The van der Waals surface area contributed by atoms with E-state index in [9.17, 15) is 13.2 Å². The molecule has 1 saturated heterocycles. The maximum Gasteiger partial charge on any atom is 0.311 e. The molecule has 0 spiro atoms. The zero-order valence-corrected chi connectivity index (χ0v) is 17.4. The van der Waals surface area contributed by atoms with Gasteiger partial charge in [0.05, 0.1) is 5.92 Å². The molecule has 0 aromatic heterocycles. The van der Waals surface area contributed by atoms with E-state index in [2.05, 4.69) is 20.3 Å². The molecule has 2 aromatic carbocycles. The van der Waals surface area contributed by atoms with Crippen molar-refractivity contribution in [1.82, 2.24) is 4.90 Å². The van der Waals surface area contributed by atoms with E-state index in [1.54, 1.807) is 24.3 Å². The molecule has 8 heteroatoms. The summed E-state index contributed by atoms with van der Waals surface area (Å²) < 4.78 is 35.0. The quantitative estimate of drug-likeness (QED) is 0.653. The largest absolute Gasteiger partial charge is 0.461 e. The third-order valence-corrected chi connectivity index (χ3v) is 6.81. The van der Waals surface area contributed by atoms with Crippen LogP contribution in [0.25, 0.3) is 0 Å². The summed E-state index contributed by atoms with van der Waals surface area (Å²) in [6.07, 6.45) is 1.50. The summed E-state index contributed by atoms with van der Waals surface area (Å²) in [6, 6.07) is 14.4. The van der Waals surface area contributed by atoms with Crippen LogP contribution in [-0.4, -0.2) is 38.2 Å². The van der Waals surface area contributed by atoms with Crippen molar-refractivity contribution in [3.8, 4) is 0 Å². The number of esters is 1. The zero-order chi connectivity index (χ0) is 19.7. The van der Waals surface area contributed by atoms with Crippen molar-refractivity contribution in [2.75, 3.05) is 13.1 Å². The number of rotatable bonds is 3. The van der Waals surface area contributed by atoms with Crippen LogP contribution in [0.2, 0.25) is 0 Å². The molecule has 1 fully saturated rings. The molecule has 146 valence electrons. The SMILES string of the molecule is O=C(OCc1ccc(Br)cc1)C1CCCN(C2=NS(=O)(=O)c3ccccc32)C1. The standard InChI is InChI=1S/C20H19BrN2O4S/c21-16-9-7-14(8-10-16)13-27-20(24)15-4-3-11-23(12-15)19-17-5-1-2-6-18(17)28(25,26)22-19/h1-2,5-10,15H,3-4,11-13H2. The molecule has 0 saturated carbocycles. The van der Waals surface area contributed by atoms with E-state index in [4.69, 9.17) is 4.74 Å². The van der Waals surface area contributed by atoms with Crippen LogP contribution in [0.1, 0.15) is 24.0 Å². The monoisotopic (exact) mass is 462 g/mol. The van der Waals surface area contributed by atoms with Gasteiger partial charge >= 0.3 is 5.97 Å². The number of fused-ring (bicyclic) bond motifs is 1. The molecule has 2 aliphatic heterocycles. The molecule has 0 amide bonds. The zero-order valence-electron chi connectivity index (χ0n) is 15.0. The predicted molar refractivity (Wildman–Crippen MR) is 108 cm³/mol. The highest BCUT2D eigenvalue weighted by Gasteiger charge is 2.35. The van der Waals surface area contributed by atoms with E-state index in [-0.39, 0.29) is 23.4 Å². The number of carbonyl (C=O) groups excluding carboxylic acids is 1. The van der Waals surface area contributed by atoms with Crippen molar-refractivity contribution in [2.24, 2.45) is 10.3 Å². The lowest BCUT2D eigenvalue weighted by Crippen LogP contribution is -2.42. The second-order valence-electron chi connectivity index (χ2n) is 6.91. The van der Waals surface area contributed by atoms with Crippen LogP contribution in [0.5, 0.6) is 0 Å². The molecule has 4 rings (SSSR count). The number of ether oxygens (including phenoxy) is 1. The highest BCUT2D eigenvalue weighted by Crippen LogP contribution is 2.30. The Morgan fingerprint density at radius 1 is 1.18 bits per heavy atom. The highest BCUT2D eigenvalue weighted by atomic mass is 79.9. The maximum absolute atomic E-state index is 12.6. The van der Waals surface area contributed by atoms with Gasteiger partial charge in [-0.1, -0.05) is 40.2 Å². The summed E-state index contributed by atoms with van der Waals surface area (Å²) in [5.41, 5.74) is 1.52. The molecule has 1 atom stereocenters. The molecule has 0 radical (unpaired) electrons. The summed E-state index contributed by atoms with van der Waals surface area (Å²) in [4.78, 5) is 14.7. The van der Waals surface area contributed by atoms with Crippen LogP contribution >= 0.6 is 15.9 Å². The minimum atomic E-state index is -3.67. The van der Waals surface area contributed by atoms with Gasteiger partial charge < -0.3 is 9.64 Å². The van der Waals surface area contributed by atoms with Crippen LogP contribution in [0.15, 0.2) is 62.3 Å². The van der Waals surface area contributed by atoms with Gasteiger partial charge in [0, 0.05) is 23.1 Å². The molecule has 6 nitrogen and oxygen atoms in total. The Morgan fingerprint density at radius 3 is 2.71 bits per heavy atom. The fraction of sp³-hybridized carbons (Fsp3) is 0.300. The van der Waals surface area contributed by atoms with Crippen LogP contribution < -0.4 is 0 Å². The van der Waals surface area contributed by atoms with E-state index >= 15 is 0 Å². The molecule has 0 aliphatic carbocycles. The molecule has 2 aliphatic rings. The molecule has 28 heavy (non-hydrogen) atoms. The number of benzene rings is 2. The van der Waals surface area contributed by atoms with Gasteiger partial charge in [0.25, 0.3) is 10.0 Å². The molecular weight excluding hydrogens is 444 g/mol. The highest BCUT2D eigenvalue weighted by molar-refractivity contribution is 9.10. The lowest BCUT2D eigenvalue weighted by molar-refractivity contribution is -0.151. The maximum atomic E-state index is 12.6. The van der Waals surface area contributed by atoms with E-state index in [0.29, 0.717) is 24.5 Å². The average Bonchev–Trinajstić information content (AvgIpc) is 2.99. The normalized spacial score (nSPS) is 20.4. The van der Waals surface area contributed by atoms with Crippen molar-refractivity contribution in [3.63, 3.8) is 0 Å². The first kappa shape index (κ1) is 19.1. The average molecular weight is 463 g/mol. The fourth-order valence-electron chi connectivity index (χ4n) is 3.53. The second kappa shape index (κ2) is 7.67. The number of likely N-dealkylation sites (tertiary alicyclic amines) is 1. The number of nitrogens with zero attached hydrogens (tertiary/aromatic N) is 2. The lowest BCUT2D eigenvalue weighted by Gasteiger charge is -2.32. The Bertz CT molecular complexity index is 1030. The Labute approximate surface area is 172 Å². The van der Waals surface area contributed by atoms with Crippen LogP contribution in [0.4, 0.5) is 0 Å². The molecule has 2 aromatic rings. The number of piperidine rings is 1. The van der Waals surface area contributed by atoms with E-state index in [1.807, 2.05) is 29.2 Å². The van der Waals surface area contributed by atoms with Gasteiger partial charge in [-0.3, -0.25) is 4.79 Å². The second-order valence-corrected chi connectivity index (χ2v) is 9.39. The lowest BCUT2D eigenvalue weighted by atomic mass is 9.97. The molecular formula is C20H19BrN2O4S. The van der Waals surface area contributed by atoms with Gasteiger partial charge in [0.15, 0.2) is 5.84 Å². The van der Waals surface area contributed by atoms with Gasteiger partial charge in [-0.05, 0) is 42.7 Å². The van der Waals surface area contributed by atoms with Gasteiger partial charge in [-0.25, -0.2) is 0 Å². The Hall–Kier alpha value is -2.19. The summed E-state index contributed by atoms with van der Waals surface area (Å²) in [6.45, 7) is 1.29. The van der Waals surface area contributed by atoms with Gasteiger partial charge in [0.2, 0.25) is 0 Å². The van der Waals surface area contributed by atoms with E-state index in [1.165, 1.54) is 0 Å². The number of carbonyl (C=O) groups is 1. The molecule has 0 bridgehead atoms. The Balaban J connectivity index is 1.45. The van der Waals surface area contributed by atoms with Crippen LogP contribution in [-0.2, 0) is 26.2 Å². The summed E-state index contributed by atoms with van der Waals surface area (Å²) >= 11 is 3.38. The summed E-state index contributed by atoms with van der Waals surface area (Å²) in [7, 11) is -3.67. The third-order valence-electron chi connectivity index (χ3n) is 4.96. The van der Waals surface area contributed by atoms with Crippen molar-refractivity contribution in [2.45, 2.75) is 24.3 Å². The third kappa shape index (κ3) is 3.84. The van der Waals surface area contributed by atoms with Gasteiger partial charge in [-0.2, -0.15) is 8.42 Å². The topological polar surface area (TPSA) is 76.0 Å². The fourth-order valence-corrected chi connectivity index (χ4v) is 5.02. The van der Waals surface area contributed by atoms with E-state index < -0.39 is 10.0 Å². The summed E-state index contributed by atoms with van der Waals surface area (Å²) in [5, 5.41) is 0. The van der Waals surface area contributed by atoms with E-state index in [0.717, 1.165) is 22.9 Å². The van der Waals surface area contributed by atoms with Crippen LogP contribution in [0.3, 0.4) is 0 Å². The van der Waals surface area contributed by atoms with Gasteiger partial charge in [-0.15, -0.1) is 4.40 Å². The Morgan fingerprint density at radius 2 is 1.93 bits per heavy atom. The number of halogens is 1. The predicted octanol–water partition coefficient (Wildman–Crippen LogP) is 3.35. The minimum Gasteiger partial charge on any atom is -0.461 e. The number of hydrogen-bond donors (Lipinski definition) is 0. The first-order valence-corrected chi connectivity index (χ1v) is 11.3. The number of amidine groups is 1. The number of hydrogen-bond acceptors (Lipinski definition) is 5. The van der Waals surface area contributed by atoms with Crippen molar-refractivity contribution in [3.05, 3.63) is 64.1 Å². The molecule has 0 N–H and O–H groups in total. The first-order valence-electron chi connectivity index (χ1n) is 9.04. The Kier molecular flexibility index (Phi) is 5.25. The van der Waals surface area contributed by atoms with Gasteiger partial charge in [0.1, 0.15) is 11.5 Å². The van der Waals surface area contributed by atoms with Crippen molar-refractivity contribution < 1.29 is 17.9 Å². The van der Waals surface area contributed by atoms with Crippen molar-refractivity contribution in [1.29, 1.82) is 0 Å². The summed E-state index contributed by atoms with van der Waals surface area (Å²) in [5.74, 6) is -0.134. The molecule has 2 heterocycles. The molecule has 1 unspecified atom stereocenters.